The highest BCUT2D eigenvalue weighted by Gasteiger charge is 2.37. The van der Waals surface area contributed by atoms with Crippen molar-refractivity contribution in [3.05, 3.63) is 41.8 Å². The molecule has 2 aromatic rings. The second kappa shape index (κ2) is 5.93. The lowest BCUT2D eigenvalue weighted by Gasteiger charge is -2.34. The molecule has 1 aliphatic rings. The Hall–Kier alpha value is -1.75. The Kier molecular flexibility index (Phi) is 4.01. The first-order chi connectivity index (χ1) is 10.2. The van der Waals surface area contributed by atoms with Crippen LogP contribution in [0, 0.1) is 5.92 Å². The first kappa shape index (κ1) is 14.2. The molecule has 1 aliphatic heterocycles. The van der Waals surface area contributed by atoms with Crippen LogP contribution in [0.4, 0.5) is 0 Å². The lowest BCUT2D eigenvalue weighted by atomic mass is 9.75. The molecule has 21 heavy (non-hydrogen) atoms. The minimum atomic E-state index is -0.0897. The summed E-state index contributed by atoms with van der Waals surface area (Å²) in [5.41, 5.74) is 1.01. The van der Waals surface area contributed by atoms with Crippen LogP contribution < -0.4 is 5.32 Å². The predicted molar refractivity (Wildman–Crippen MR) is 80.0 cm³/mol. The van der Waals surface area contributed by atoms with E-state index in [1.807, 2.05) is 18.3 Å². The molecule has 0 saturated carbocycles. The summed E-state index contributed by atoms with van der Waals surface area (Å²) in [5, 5.41) is 7.60. The van der Waals surface area contributed by atoms with Crippen LogP contribution in [0.25, 0.3) is 0 Å². The van der Waals surface area contributed by atoms with Gasteiger partial charge < -0.3 is 9.84 Å². The largest absolute Gasteiger partial charge is 0.339 e. The Morgan fingerprint density at radius 1 is 1.43 bits per heavy atom. The first-order valence-corrected chi connectivity index (χ1v) is 7.59. The van der Waals surface area contributed by atoms with Gasteiger partial charge in [0.15, 0.2) is 5.82 Å². The van der Waals surface area contributed by atoms with Crippen molar-refractivity contribution in [3.63, 3.8) is 0 Å². The van der Waals surface area contributed by atoms with Gasteiger partial charge in [-0.15, -0.1) is 0 Å². The molecule has 0 radical (unpaired) electrons. The van der Waals surface area contributed by atoms with E-state index in [0.717, 1.165) is 30.4 Å². The summed E-state index contributed by atoms with van der Waals surface area (Å²) in [7, 11) is 0. The van der Waals surface area contributed by atoms with Gasteiger partial charge in [0.1, 0.15) is 0 Å². The molecule has 1 atom stereocenters. The van der Waals surface area contributed by atoms with E-state index in [4.69, 9.17) is 4.52 Å². The number of hydrogen-bond donors (Lipinski definition) is 1. The van der Waals surface area contributed by atoms with Gasteiger partial charge in [0.05, 0.1) is 0 Å². The maximum absolute atomic E-state index is 5.55. The molecule has 0 aromatic carbocycles. The highest BCUT2D eigenvalue weighted by Crippen LogP contribution is 2.34. The highest BCUT2D eigenvalue weighted by molar-refractivity contribution is 5.15. The molecule has 1 unspecified atom stereocenters. The molecule has 1 N–H and O–H groups in total. The molecule has 3 rings (SSSR count). The summed E-state index contributed by atoms with van der Waals surface area (Å²) < 4.78 is 5.55. The summed E-state index contributed by atoms with van der Waals surface area (Å²) in [6.07, 6.45) is 6.69. The van der Waals surface area contributed by atoms with Gasteiger partial charge in [0.2, 0.25) is 5.89 Å². The monoisotopic (exact) mass is 286 g/mol. The lowest BCUT2D eigenvalue weighted by molar-refractivity contribution is 0.196. The van der Waals surface area contributed by atoms with E-state index in [-0.39, 0.29) is 5.41 Å². The zero-order valence-corrected chi connectivity index (χ0v) is 12.7. The van der Waals surface area contributed by atoms with Crippen LogP contribution in [0.3, 0.4) is 0 Å². The normalized spacial score (nSPS) is 19.6. The number of rotatable bonds is 4. The van der Waals surface area contributed by atoms with Crippen molar-refractivity contribution in [1.82, 2.24) is 20.4 Å². The van der Waals surface area contributed by atoms with Gasteiger partial charge in [-0.25, -0.2) is 0 Å². The van der Waals surface area contributed by atoms with Crippen molar-refractivity contribution >= 4 is 0 Å². The van der Waals surface area contributed by atoms with Crippen LogP contribution in [0.5, 0.6) is 0 Å². The van der Waals surface area contributed by atoms with Crippen molar-refractivity contribution in [1.29, 1.82) is 0 Å². The smallest absolute Gasteiger partial charge is 0.232 e. The molecule has 1 saturated heterocycles. The van der Waals surface area contributed by atoms with E-state index in [9.17, 15) is 0 Å². The summed E-state index contributed by atoms with van der Waals surface area (Å²) >= 11 is 0. The molecule has 5 nitrogen and oxygen atoms in total. The third-order valence-electron chi connectivity index (χ3n) is 4.42. The van der Waals surface area contributed by atoms with Gasteiger partial charge in [-0.3, -0.25) is 4.98 Å². The highest BCUT2D eigenvalue weighted by atomic mass is 16.5. The van der Waals surface area contributed by atoms with Crippen LogP contribution in [-0.2, 0) is 11.8 Å². The fourth-order valence-electron chi connectivity index (χ4n) is 2.92. The van der Waals surface area contributed by atoms with Crippen molar-refractivity contribution in [3.8, 4) is 0 Å². The molecule has 1 fully saturated rings. The molecular weight excluding hydrogens is 264 g/mol. The second-order valence-electron chi connectivity index (χ2n) is 6.32. The van der Waals surface area contributed by atoms with Crippen molar-refractivity contribution < 1.29 is 4.52 Å². The molecule has 0 aliphatic carbocycles. The molecule has 112 valence electrons. The fraction of sp³-hybridized carbons (Fsp3) is 0.562. The number of hydrogen-bond acceptors (Lipinski definition) is 5. The molecule has 0 spiro atoms. The molecule has 0 bridgehead atoms. The summed E-state index contributed by atoms with van der Waals surface area (Å²) in [6.45, 7) is 6.54. The lowest BCUT2D eigenvalue weighted by Crippen LogP contribution is -2.40. The number of pyridine rings is 1. The minimum absolute atomic E-state index is 0.0897. The average molecular weight is 286 g/mol. The van der Waals surface area contributed by atoms with E-state index in [0.29, 0.717) is 12.3 Å². The Bertz CT molecular complexity index is 573. The number of aromatic nitrogens is 3. The Balaban J connectivity index is 1.74. The van der Waals surface area contributed by atoms with Crippen molar-refractivity contribution in [2.24, 2.45) is 5.92 Å². The molecule has 3 heterocycles. The average Bonchev–Trinajstić information content (AvgIpc) is 2.98. The van der Waals surface area contributed by atoms with Crippen molar-refractivity contribution in [2.45, 2.75) is 38.5 Å². The summed E-state index contributed by atoms with van der Waals surface area (Å²) in [4.78, 5) is 8.73. The predicted octanol–water partition coefficient (Wildman–Crippen LogP) is 2.33. The van der Waals surface area contributed by atoms with Crippen LogP contribution in [-0.4, -0.2) is 28.2 Å². The van der Waals surface area contributed by atoms with E-state index in [1.165, 1.54) is 12.8 Å². The fourth-order valence-corrected chi connectivity index (χ4v) is 2.92. The third-order valence-corrected chi connectivity index (χ3v) is 4.42. The van der Waals surface area contributed by atoms with E-state index >= 15 is 0 Å². The van der Waals surface area contributed by atoms with Gasteiger partial charge in [0, 0.05) is 24.2 Å². The number of nitrogens with zero attached hydrogens (tertiary/aromatic N) is 3. The zero-order chi connectivity index (χ0) is 14.7. The summed E-state index contributed by atoms with van der Waals surface area (Å²) in [5.74, 6) is 2.02. The van der Waals surface area contributed by atoms with Crippen LogP contribution in [0.1, 0.15) is 44.0 Å². The number of nitrogens with one attached hydrogen (secondary N) is 1. The molecule has 5 heteroatoms. The maximum atomic E-state index is 5.55. The molecular formula is C16H22N4O. The quantitative estimate of drug-likeness (QED) is 0.934. The van der Waals surface area contributed by atoms with Crippen molar-refractivity contribution in [2.75, 3.05) is 13.1 Å². The Labute approximate surface area is 125 Å². The Morgan fingerprint density at radius 3 is 3.05 bits per heavy atom. The third kappa shape index (κ3) is 3.13. The van der Waals surface area contributed by atoms with Gasteiger partial charge >= 0.3 is 0 Å². The van der Waals surface area contributed by atoms with E-state index in [2.05, 4.69) is 34.3 Å². The molecule has 0 amide bonds. The van der Waals surface area contributed by atoms with Gasteiger partial charge in [0.25, 0.3) is 0 Å². The van der Waals surface area contributed by atoms with Gasteiger partial charge in [-0.1, -0.05) is 25.1 Å². The Morgan fingerprint density at radius 2 is 2.33 bits per heavy atom. The minimum Gasteiger partial charge on any atom is -0.339 e. The van der Waals surface area contributed by atoms with Crippen LogP contribution >= 0.6 is 0 Å². The topological polar surface area (TPSA) is 63.8 Å². The second-order valence-corrected chi connectivity index (χ2v) is 6.32. The first-order valence-electron chi connectivity index (χ1n) is 7.59. The summed E-state index contributed by atoms with van der Waals surface area (Å²) in [6, 6.07) is 3.95. The molecule has 2 aromatic heterocycles. The van der Waals surface area contributed by atoms with Gasteiger partial charge in [-0.2, -0.15) is 4.98 Å². The zero-order valence-electron chi connectivity index (χ0n) is 12.7. The van der Waals surface area contributed by atoms with E-state index < -0.39 is 0 Å². The van der Waals surface area contributed by atoms with Crippen LogP contribution in [0.15, 0.2) is 29.0 Å². The maximum Gasteiger partial charge on any atom is 0.232 e. The number of piperidine rings is 1. The SMILES string of the molecule is CC(C)(c1nc(Cc2cccnc2)no1)C1CCCNC1. The van der Waals surface area contributed by atoms with Crippen LogP contribution in [0.2, 0.25) is 0 Å². The van der Waals surface area contributed by atoms with E-state index in [1.54, 1.807) is 6.20 Å². The standard InChI is InChI=1S/C16H22N4O/c1-16(2,13-6-4-8-18-11-13)15-19-14(20-21-15)9-12-5-3-7-17-10-12/h3,5,7,10,13,18H,4,6,8-9,11H2,1-2H3. The van der Waals surface area contributed by atoms with Gasteiger partial charge in [-0.05, 0) is 43.5 Å².